The lowest BCUT2D eigenvalue weighted by Gasteiger charge is -2.07. The monoisotopic (exact) mass is 199 g/mol. The maximum Gasteiger partial charge on any atom is 0.0472 e. The molecule has 2 rings (SSSR count). The maximum absolute atomic E-state index is 2.34. The minimum absolute atomic E-state index is 0.984. The predicted octanol–water partition coefficient (Wildman–Crippen LogP) is 3.41. The number of aryl methyl sites for hydroxylation is 2. The van der Waals surface area contributed by atoms with Crippen LogP contribution in [0, 0.1) is 6.92 Å². The summed E-state index contributed by atoms with van der Waals surface area (Å²) >= 11 is 0. The Hall–Kier alpha value is -1.50. The molecule has 1 heteroatoms. The number of benzene rings is 1. The molecule has 0 fully saturated rings. The van der Waals surface area contributed by atoms with Crippen LogP contribution in [0.2, 0.25) is 0 Å². The zero-order valence-corrected chi connectivity index (χ0v) is 9.40. The number of rotatable bonds is 3. The first kappa shape index (κ1) is 10.0. The van der Waals surface area contributed by atoms with Crippen molar-refractivity contribution in [3.8, 4) is 0 Å². The molecule has 2 aromatic rings. The molecule has 0 aliphatic rings. The van der Waals surface area contributed by atoms with Crippen molar-refractivity contribution in [2.75, 3.05) is 0 Å². The Morgan fingerprint density at radius 1 is 1.13 bits per heavy atom. The molecule has 15 heavy (non-hydrogen) atoms. The number of hydrogen-bond acceptors (Lipinski definition) is 0. The molecule has 1 nitrogen and oxygen atoms in total. The van der Waals surface area contributed by atoms with Crippen molar-refractivity contribution in [2.24, 2.45) is 0 Å². The fraction of sp³-hybridized carbons (Fsp3) is 0.286. The van der Waals surface area contributed by atoms with Crippen LogP contribution in [-0.4, -0.2) is 4.57 Å². The predicted molar refractivity (Wildman–Crippen MR) is 64.1 cm³/mol. The van der Waals surface area contributed by atoms with E-state index in [-0.39, 0.29) is 0 Å². The van der Waals surface area contributed by atoms with Gasteiger partial charge in [0.2, 0.25) is 0 Å². The third-order valence-electron chi connectivity index (χ3n) is 2.68. The van der Waals surface area contributed by atoms with Crippen molar-refractivity contribution >= 4 is 0 Å². The first-order valence-corrected chi connectivity index (χ1v) is 5.49. The molecule has 0 saturated carbocycles. The minimum Gasteiger partial charge on any atom is -0.347 e. The molecule has 78 valence electrons. The van der Waals surface area contributed by atoms with Crippen LogP contribution < -0.4 is 0 Å². The summed E-state index contributed by atoms with van der Waals surface area (Å²) in [4.78, 5) is 0. The third-order valence-corrected chi connectivity index (χ3v) is 2.68. The SMILES string of the molecule is CCc1cc(C)cn1Cc1ccccc1. The van der Waals surface area contributed by atoms with E-state index in [4.69, 9.17) is 0 Å². The molecule has 0 atom stereocenters. The summed E-state index contributed by atoms with van der Waals surface area (Å²) in [7, 11) is 0. The Morgan fingerprint density at radius 3 is 2.53 bits per heavy atom. The second kappa shape index (κ2) is 4.35. The van der Waals surface area contributed by atoms with Crippen molar-refractivity contribution in [3.63, 3.8) is 0 Å². The van der Waals surface area contributed by atoms with Crippen LogP contribution >= 0.6 is 0 Å². The molecule has 0 unspecified atom stereocenters. The molecular weight excluding hydrogens is 182 g/mol. The summed E-state index contributed by atoms with van der Waals surface area (Å²) in [6.07, 6.45) is 3.33. The summed E-state index contributed by atoms with van der Waals surface area (Å²) in [6, 6.07) is 12.9. The van der Waals surface area contributed by atoms with Crippen LogP contribution in [0.25, 0.3) is 0 Å². The van der Waals surface area contributed by atoms with Gasteiger partial charge in [0.05, 0.1) is 0 Å². The Labute approximate surface area is 91.4 Å². The highest BCUT2D eigenvalue weighted by Gasteiger charge is 2.01. The molecule has 1 aromatic carbocycles. The first-order chi connectivity index (χ1) is 7.29. The van der Waals surface area contributed by atoms with E-state index in [0.29, 0.717) is 0 Å². The van der Waals surface area contributed by atoms with Gasteiger partial charge in [0, 0.05) is 18.4 Å². The molecule has 0 bridgehead atoms. The Morgan fingerprint density at radius 2 is 1.87 bits per heavy atom. The van der Waals surface area contributed by atoms with E-state index in [0.717, 1.165) is 13.0 Å². The lowest BCUT2D eigenvalue weighted by atomic mass is 10.2. The van der Waals surface area contributed by atoms with Gasteiger partial charge in [-0.15, -0.1) is 0 Å². The molecule has 0 N–H and O–H groups in total. The second-order valence-electron chi connectivity index (χ2n) is 3.98. The van der Waals surface area contributed by atoms with Gasteiger partial charge in [-0.25, -0.2) is 0 Å². The summed E-state index contributed by atoms with van der Waals surface area (Å²) in [6.45, 7) is 5.34. The van der Waals surface area contributed by atoms with Gasteiger partial charge in [-0.05, 0) is 30.5 Å². The van der Waals surface area contributed by atoms with Crippen LogP contribution in [0.3, 0.4) is 0 Å². The summed E-state index contributed by atoms with van der Waals surface area (Å²) in [5.74, 6) is 0. The molecule has 0 amide bonds. The van der Waals surface area contributed by atoms with Gasteiger partial charge in [0.1, 0.15) is 0 Å². The van der Waals surface area contributed by atoms with Crippen LogP contribution in [-0.2, 0) is 13.0 Å². The van der Waals surface area contributed by atoms with Gasteiger partial charge < -0.3 is 4.57 Å². The minimum atomic E-state index is 0.984. The smallest absolute Gasteiger partial charge is 0.0472 e. The molecule has 0 aliphatic carbocycles. The Balaban J connectivity index is 2.24. The van der Waals surface area contributed by atoms with Crippen molar-refractivity contribution in [3.05, 3.63) is 59.4 Å². The van der Waals surface area contributed by atoms with E-state index in [9.17, 15) is 0 Å². The van der Waals surface area contributed by atoms with Crippen LogP contribution in [0.1, 0.15) is 23.7 Å². The average molecular weight is 199 g/mol. The van der Waals surface area contributed by atoms with E-state index in [1.165, 1.54) is 16.8 Å². The standard InChI is InChI=1S/C14H17N/c1-3-14-9-12(2)10-15(14)11-13-7-5-4-6-8-13/h4-10H,3,11H2,1-2H3. The van der Waals surface area contributed by atoms with E-state index in [1.807, 2.05) is 0 Å². The number of aromatic nitrogens is 1. The average Bonchev–Trinajstić information content (AvgIpc) is 2.60. The summed E-state index contributed by atoms with van der Waals surface area (Å²) in [5, 5.41) is 0. The highest BCUT2D eigenvalue weighted by Crippen LogP contribution is 2.11. The Kier molecular flexibility index (Phi) is 2.91. The van der Waals surface area contributed by atoms with Crippen molar-refractivity contribution < 1.29 is 0 Å². The lowest BCUT2D eigenvalue weighted by molar-refractivity contribution is 0.750. The normalized spacial score (nSPS) is 10.5. The first-order valence-electron chi connectivity index (χ1n) is 5.49. The van der Waals surface area contributed by atoms with Crippen LogP contribution in [0.4, 0.5) is 0 Å². The van der Waals surface area contributed by atoms with Gasteiger partial charge in [-0.2, -0.15) is 0 Å². The lowest BCUT2D eigenvalue weighted by Crippen LogP contribution is -2.01. The highest BCUT2D eigenvalue weighted by molar-refractivity contribution is 5.21. The highest BCUT2D eigenvalue weighted by atomic mass is 15.0. The zero-order chi connectivity index (χ0) is 10.7. The summed E-state index contributed by atoms with van der Waals surface area (Å²) in [5.41, 5.74) is 4.13. The second-order valence-corrected chi connectivity index (χ2v) is 3.98. The third kappa shape index (κ3) is 2.30. The van der Waals surface area contributed by atoms with Gasteiger partial charge in [-0.1, -0.05) is 37.3 Å². The van der Waals surface area contributed by atoms with Crippen molar-refractivity contribution in [1.29, 1.82) is 0 Å². The van der Waals surface area contributed by atoms with Gasteiger partial charge in [-0.3, -0.25) is 0 Å². The molecule has 1 heterocycles. The fourth-order valence-electron chi connectivity index (χ4n) is 1.94. The largest absolute Gasteiger partial charge is 0.347 e. The Bertz CT molecular complexity index is 426. The molecule has 0 radical (unpaired) electrons. The van der Waals surface area contributed by atoms with E-state index in [1.54, 1.807) is 0 Å². The molecule has 1 aromatic heterocycles. The van der Waals surface area contributed by atoms with Crippen molar-refractivity contribution in [2.45, 2.75) is 26.8 Å². The molecule has 0 aliphatic heterocycles. The van der Waals surface area contributed by atoms with Crippen LogP contribution in [0.5, 0.6) is 0 Å². The van der Waals surface area contributed by atoms with Crippen LogP contribution in [0.15, 0.2) is 42.6 Å². The number of hydrogen-bond donors (Lipinski definition) is 0. The summed E-state index contributed by atoms with van der Waals surface area (Å²) < 4.78 is 2.34. The van der Waals surface area contributed by atoms with Crippen molar-refractivity contribution in [1.82, 2.24) is 4.57 Å². The van der Waals surface area contributed by atoms with Gasteiger partial charge in [0.15, 0.2) is 0 Å². The van der Waals surface area contributed by atoms with E-state index in [2.05, 4.69) is 61.0 Å². The van der Waals surface area contributed by atoms with Gasteiger partial charge >= 0.3 is 0 Å². The molecule has 0 saturated heterocycles. The zero-order valence-electron chi connectivity index (χ0n) is 9.40. The molecule has 0 spiro atoms. The molecular formula is C14H17N. The topological polar surface area (TPSA) is 4.93 Å². The fourth-order valence-corrected chi connectivity index (χ4v) is 1.94. The van der Waals surface area contributed by atoms with E-state index < -0.39 is 0 Å². The van der Waals surface area contributed by atoms with E-state index >= 15 is 0 Å². The number of nitrogens with zero attached hydrogens (tertiary/aromatic N) is 1. The quantitative estimate of drug-likeness (QED) is 0.714. The van der Waals surface area contributed by atoms with Gasteiger partial charge in [0.25, 0.3) is 0 Å². The maximum atomic E-state index is 2.34.